The first-order valence-electron chi connectivity index (χ1n) is 17.8. The standard InChI is InChI=1S/C44H46O12/c1-6-9-38(56-44(50)36-17-16-35-29-39(20-18-34(35)28-36)55-41(47)10-8-23-45)19-11-30(3)26-31(4)53-43(49)33-14-12-32(13-15-33)27-37(7-2)54-42(48)22-21-40(46)52-25-24-51-5/h6-7,9,12,14-18,20,23,26-29H,1,3,8,10-11,13,19,21-22,24-25H2,2,4-5H3/b31-26+,32-27-,37-7+,38-9+. The van der Waals surface area contributed by atoms with E-state index in [1.807, 2.05) is 0 Å². The Labute approximate surface area is 326 Å². The Bertz CT molecular complexity index is 2000. The molecule has 0 heterocycles. The molecule has 294 valence electrons. The number of rotatable bonds is 21. The monoisotopic (exact) mass is 766 g/mol. The van der Waals surface area contributed by atoms with E-state index in [1.165, 1.54) is 13.2 Å². The highest BCUT2D eigenvalue weighted by molar-refractivity contribution is 5.96. The molecule has 1 aliphatic rings. The summed E-state index contributed by atoms with van der Waals surface area (Å²) in [5.74, 6) is -1.41. The van der Waals surface area contributed by atoms with E-state index in [9.17, 15) is 28.8 Å². The molecule has 0 saturated carbocycles. The molecular formula is C44H46O12. The highest BCUT2D eigenvalue weighted by atomic mass is 16.6. The van der Waals surface area contributed by atoms with Crippen molar-refractivity contribution in [2.45, 2.75) is 58.8 Å². The van der Waals surface area contributed by atoms with Gasteiger partial charge in [0, 0.05) is 20.0 Å². The number of ether oxygens (including phenoxy) is 6. The third-order valence-corrected chi connectivity index (χ3v) is 7.82. The van der Waals surface area contributed by atoms with Crippen LogP contribution in [0.15, 0.2) is 132 Å². The molecule has 0 saturated heterocycles. The normalized spacial score (nSPS) is 13.7. The first kappa shape index (κ1) is 44.0. The van der Waals surface area contributed by atoms with Crippen LogP contribution in [0.25, 0.3) is 10.8 Å². The summed E-state index contributed by atoms with van der Waals surface area (Å²) >= 11 is 0. The van der Waals surface area contributed by atoms with Gasteiger partial charge in [0.25, 0.3) is 0 Å². The zero-order chi connectivity index (χ0) is 40.9. The van der Waals surface area contributed by atoms with Crippen LogP contribution in [0.5, 0.6) is 5.75 Å². The smallest absolute Gasteiger partial charge is 0.343 e. The van der Waals surface area contributed by atoms with Crippen LogP contribution in [0, 0.1) is 0 Å². The molecule has 3 rings (SSSR count). The average molecular weight is 767 g/mol. The Hall–Kier alpha value is -6.40. The Kier molecular flexibility index (Phi) is 18.4. The Morgan fingerprint density at radius 3 is 2.27 bits per heavy atom. The van der Waals surface area contributed by atoms with Crippen molar-refractivity contribution in [3.63, 3.8) is 0 Å². The molecule has 56 heavy (non-hydrogen) atoms. The molecule has 0 radical (unpaired) electrons. The van der Waals surface area contributed by atoms with E-state index in [-0.39, 0.29) is 38.9 Å². The Morgan fingerprint density at radius 1 is 0.821 bits per heavy atom. The molecule has 2 aromatic carbocycles. The number of fused-ring (bicyclic) bond motifs is 1. The molecule has 0 aromatic heterocycles. The second-order valence-electron chi connectivity index (χ2n) is 12.3. The zero-order valence-corrected chi connectivity index (χ0v) is 31.8. The van der Waals surface area contributed by atoms with Gasteiger partial charge in [-0.05, 0) is 97.7 Å². The van der Waals surface area contributed by atoms with Gasteiger partial charge in [-0.2, -0.15) is 0 Å². The van der Waals surface area contributed by atoms with Crippen LogP contribution in [0.4, 0.5) is 0 Å². The van der Waals surface area contributed by atoms with Crippen molar-refractivity contribution in [3.8, 4) is 5.75 Å². The molecule has 1 aliphatic carbocycles. The predicted octanol–water partition coefficient (Wildman–Crippen LogP) is 7.96. The van der Waals surface area contributed by atoms with Crippen molar-refractivity contribution >= 4 is 46.9 Å². The third-order valence-electron chi connectivity index (χ3n) is 7.82. The summed E-state index contributed by atoms with van der Waals surface area (Å²) in [6.07, 6.45) is 14.6. The van der Waals surface area contributed by atoms with Crippen LogP contribution in [-0.2, 0) is 47.7 Å². The number of esters is 5. The van der Waals surface area contributed by atoms with Crippen molar-refractivity contribution in [1.29, 1.82) is 0 Å². The molecule has 0 unspecified atom stereocenters. The first-order chi connectivity index (χ1) is 26.9. The minimum absolute atomic E-state index is 0.00949. The second kappa shape index (κ2) is 23.4. The number of carbonyl (C=O) groups excluding carboxylic acids is 6. The number of benzene rings is 2. The van der Waals surface area contributed by atoms with Gasteiger partial charge in [0.05, 0.1) is 37.0 Å². The van der Waals surface area contributed by atoms with Gasteiger partial charge in [-0.25, -0.2) is 9.59 Å². The highest BCUT2D eigenvalue weighted by Gasteiger charge is 2.16. The lowest BCUT2D eigenvalue weighted by Gasteiger charge is -2.12. The largest absolute Gasteiger partial charge is 0.463 e. The molecule has 12 heteroatoms. The van der Waals surface area contributed by atoms with Crippen molar-refractivity contribution < 1.29 is 57.2 Å². The molecule has 0 atom stereocenters. The summed E-state index contributed by atoms with van der Waals surface area (Å²) in [6, 6.07) is 9.99. The quantitative estimate of drug-likeness (QED) is 0.0230. The molecule has 0 bridgehead atoms. The van der Waals surface area contributed by atoms with Crippen LogP contribution in [0.1, 0.15) is 69.2 Å². The van der Waals surface area contributed by atoms with Gasteiger partial charge >= 0.3 is 29.8 Å². The van der Waals surface area contributed by atoms with Gasteiger partial charge in [0.1, 0.15) is 35.9 Å². The third kappa shape index (κ3) is 15.5. The maximum Gasteiger partial charge on any atom is 0.343 e. The number of hydrogen-bond acceptors (Lipinski definition) is 12. The lowest BCUT2D eigenvalue weighted by atomic mass is 10.0. The molecular weight excluding hydrogens is 720 g/mol. The summed E-state index contributed by atoms with van der Waals surface area (Å²) in [5, 5.41) is 1.47. The number of aldehydes is 1. The van der Waals surface area contributed by atoms with E-state index < -0.39 is 29.8 Å². The highest BCUT2D eigenvalue weighted by Crippen LogP contribution is 2.25. The van der Waals surface area contributed by atoms with Gasteiger partial charge in [-0.1, -0.05) is 49.1 Å². The van der Waals surface area contributed by atoms with Crippen molar-refractivity contribution in [3.05, 3.63) is 138 Å². The van der Waals surface area contributed by atoms with E-state index in [2.05, 4.69) is 13.2 Å². The summed E-state index contributed by atoms with van der Waals surface area (Å²) in [4.78, 5) is 72.2. The minimum atomic E-state index is -0.578. The van der Waals surface area contributed by atoms with Crippen molar-refractivity contribution in [2.75, 3.05) is 20.3 Å². The van der Waals surface area contributed by atoms with Crippen molar-refractivity contribution in [1.82, 2.24) is 0 Å². The molecule has 0 amide bonds. The summed E-state index contributed by atoms with van der Waals surface area (Å²) < 4.78 is 31.6. The lowest BCUT2D eigenvalue weighted by molar-refractivity contribution is -0.149. The second-order valence-corrected chi connectivity index (χ2v) is 12.3. The van der Waals surface area contributed by atoms with Crippen LogP contribution >= 0.6 is 0 Å². The molecule has 0 fully saturated rings. The van der Waals surface area contributed by atoms with Crippen LogP contribution in [0.2, 0.25) is 0 Å². The SMILES string of the molecule is C=C/C=C(\CCC(=C)/C=C(\C)OC(=O)C1=CC/C(=C\C(=C/C)OC(=O)CCC(=O)OCCOC)C=C1)OC(=O)c1ccc2cc(OC(=O)CCC=O)ccc2c1. The molecule has 12 nitrogen and oxygen atoms in total. The van der Waals surface area contributed by atoms with Gasteiger partial charge in [0.15, 0.2) is 0 Å². The number of hydrogen-bond donors (Lipinski definition) is 0. The first-order valence-corrected chi connectivity index (χ1v) is 17.8. The van der Waals surface area contributed by atoms with Crippen LogP contribution in [0.3, 0.4) is 0 Å². The van der Waals surface area contributed by atoms with Gasteiger partial charge in [0.2, 0.25) is 0 Å². The van der Waals surface area contributed by atoms with Crippen molar-refractivity contribution in [2.24, 2.45) is 0 Å². The lowest BCUT2D eigenvalue weighted by Crippen LogP contribution is -2.12. The molecule has 0 N–H and O–H groups in total. The van der Waals surface area contributed by atoms with Gasteiger partial charge in [-0.3, -0.25) is 14.4 Å². The summed E-state index contributed by atoms with van der Waals surface area (Å²) in [5.41, 5.74) is 2.07. The Balaban J connectivity index is 1.48. The molecule has 2 aromatic rings. The maximum atomic E-state index is 13.0. The van der Waals surface area contributed by atoms with Gasteiger partial charge < -0.3 is 33.2 Å². The van der Waals surface area contributed by atoms with E-state index in [0.717, 1.165) is 16.3 Å². The summed E-state index contributed by atoms with van der Waals surface area (Å²) in [7, 11) is 1.49. The predicted molar refractivity (Wildman–Crippen MR) is 209 cm³/mol. The minimum Gasteiger partial charge on any atom is -0.463 e. The maximum absolute atomic E-state index is 13.0. The number of carbonyl (C=O) groups is 6. The Morgan fingerprint density at radius 2 is 1.57 bits per heavy atom. The fraction of sp³-hybridized carbons (Fsp3) is 0.273. The van der Waals surface area contributed by atoms with E-state index >= 15 is 0 Å². The number of methoxy groups -OCH3 is 1. The fourth-order valence-corrected chi connectivity index (χ4v) is 5.00. The molecule has 0 spiro atoms. The summed E-state index contributed by atoms with van der Waals surface area (Å²) in [6.45, 7) is 11.5. The fourth-order valence-electron chi connectivity index (χ4n) is 5.00. The zero-order valence-electron chi connectivity index (χ0n) is 31.8. The van der Waals surface area contributed by atoms with E-state index in [1.54, 1.807) is 92.8 Å². The van der Waals surface area contributed by atoms with Crippen LogP contribution in [-0.4, -0.2) is 56.5 Å². The number of allylic oxidation sites excluding steroid dienone is 11. The van der Waals surface area contributed by atoms with Gasteiger partial charge in [-0.15, -0.1) is 0 Å². The van der Waals surface area contributed by atoms with E-state index in [4.69, 9.17) is 28.4 Å². The van der Waals surface area contributed by atoms with Crippen LogP contribution < -0.4 is 4.74 Å². The van der Waals surface area contributed by atoms with E-state index in [0.29, 0.717) is 65.3 Å². The average Bonchev–Trinajstić information content (AvgIpc) is 3.18. The topological polar surface area (TPSA) is 158 Å². The molecule has 0 aliphatic heterocycles.